The van der Waals surface area contributed by atoms with Crippen LogP contribution in [0.15, 0.2) is 69.6 Å². The van der Waals surface area contributed by atoms with E-state index in [1.54, 1.807) is 31.9 Å². The summed E-state index contributed by atoms with van der Waals surface area (Å²) in [6.45, 7) is 6.01. The molecule has 2 aliphatic rings. The summed E-state index contributed by atoms with van der Waals surface area (Å²) >= 11 is 1.15. The van der Waals surface area contributed by atoms with Gasteiger partial charge in [0, 0.05) is 17.7 Å². The number of ether oxygens (including phenoxy) is 2. The van der Waals surface area contributed by atoms with Gasteiger partial charge >= 0.3 is 5.97 Å². The van der Waals surface area contributed by atoms with Crippen LogP contribution in [0, 0.1) is 0 Å². The van der Waals surface area contributed by atoms with E-state index in [0.29, 0.717) is 44.0 Å². The number of fused-ring (bicyclic) bond motifs is 2. The fraction of sp³-hybridized carbons (Fsp3) is 0.259. The van der Waals surface area contributed by atoms with E-state index in [-0.39, 0.29) is 23.6 Å². The van der Waals surface area contributed by atoms with Gasteiger partial charge in [-0.15, -0.1) is 0 Å². The van der Waals surface area contributed by atoms with Crippen LogP contribution in [0.1, 0.15) is 37.9 Å². The van der Waals surface area contributed by atoms with Gasteiger partial charge in [0.1, 0.15) is 16.3 Å². The lowest BCUT2D eigenvalue weighted by atomic mass is 9.95. The fourth-order valence-corrected chi connectivity index (χ4v) is 5.98. The number of nitrogens with zero attached hydrogens (tertiary/aromatic N) is 3. The quantitative estimate of drug-likeness (QED) is 0.499. The van der Waals surface area contributed by atoms with E-state index in [0.717, 1.165) is 17.0 Å². The Balaban J connectivity index is 1.85. The highest BCUT2D eigenvalue weighted by atomic mass is 32.1. The molecule has 36 heavy (non-hydrogen) atoms. The number of benzene rings is 2. The van der Waals surface area contributed by atoms with Crippen LogP contribution in [-0.4, -0.2) is 36.7 Å². The summed E-state index contributed by atoms with van der Waals surface area (Å²) in [4.78, 5) is 47.3. The molecule has 3 heterocycles. The Morgan fingerprint density at radius 3 is 2.53 bits per heavy atom. The number of anilines is 1. The molecule has 1 atom stereocenters. The number of hydrogen-bond donors (Lipinski definition) is 0. The highest BCUT2D eigenvalue weighted by Crippen LogP contribution is 2.37. The van der Waals surface area contributed by atoms with Crippen LogP contribution in [0.3, 0.4) is 0 Å². The van der Waals surface area contributed by atoms with Gasteiger partial charge in [-0.2, -0.15) is 0 Å². The summed E-state index contributed by atoms with van der Waals surface area (Å²) in [5.41, 5.74) is 2.80. The van der Waals surface area contributed by atoms with Crippen LogP contribution in [0.5, 0.6) is 5.75 Å². The zero-order chi connectivity index (χ0) is 25.6. The number of rotatable bonds is 5. The average molecular weight is 504 g/mol. The molecular weight excluding hydrogens is 478 g/mol. The number of thiazole rings is 1. The number of esters is 1. The van der Waals surface area contributed by atoms with Crippen molar-refractivity contribution in [3.63, 3.8) is 0 Å². The second kappa shape index (κ2) is 9.23. The molecule has 0 spiro atoms. The molecule has 2 aliphatic heterocycles. The number of methoxy groups -OCH3 is 1. The SMILES string of the molecule is CCOC(=O)C1=C(C)N=c2s/c(=C3\C(=O)N(CC)c4ccccc43)c(=O)n2[C@H]1c1ccccc1OC. The Morgan fingerprint density at radius 1 is 1.08 bits per heavy atom. The molecule has 1 aromatic heterocycles. The van der Waals surface area contributed by atoms with E-state index in [9.17, 15) is 14.4 Å². The van der Waals surface area contributed by atoms with Crippen LogP contribution in [-0.2, 0) is 14.3 Å². The summed E-state index contributed by atoms with van der Waals surface area (Å²) in [5, 5.41) is 0. The van der Waals surface area contributed by atoms with Crippen LogP contribution in [0.25, 0.3) is 5.57 Å². The van der Waals surface area contributed by atoms with Crippen molar-refractivity contribution in [3.05, 3.63) is 90.6 Å². The highest BCUT2D eigenvalue weighted by Gasteiger charge is 2.37. The van der Waals surface area contributed by atoms with Gasteiger partial charge in [-0.3, -0.25) is 14.2 Å². The predicted octanol–water partition coefficient (Wildman–Crippen LogP) is 2.54. The minimum absolute atomic E-state index is 0.182. The number of para-hydroxylation sites is 2. The summed E-state index contributed by atoms with van der Waals surface area (Å²) in [7, 11) is 1.54. The number of carbonyl (C=O) groups is 2. The Hall–Kier alpha value is -3.98. The zero-order valence-electron chi connectivity index (χ0n) is 20.4. The molecule has 0 saturated carbocycles. The van der Waals surface area contributed by atoms with Gasteiger partial charge in [0.2, 0.25) is 0 Å². The standard InChI is InChI=1S/C27H25N3O5S/c1-5-29-18-13-9-7-11-16(18)21(24(29)31)23-25(32)30-22(17-12-8-10-14-19(17)34-4)20(26(33)35-6-2)15(3)28-27(30)36-23/h7-14,22H,5-6H2,1-4H3/b23-21-/t22-/m0/s1. The normalized spacial score (nSPS) is 18.1. The highest BCUT2D eigenvalue weighted by molar-refractivity contribution is 7.07. The van der Waals surface area contributed by atoms with Gasteiger partial charge in [0.15, 0.2) is 4.80 Å². The molecule has 184 valence electrons. The summed E-state index contributed by atoms with van der Waals surface area (Å²) in [6, 6.07) is 13.9. The Labute approximate surface area is 211 Å². The predicted molar refractivity (Wildman–Crippen MR) is 137 cm³/mol. The van der Waals surface area contributed by atoms with Crippen molar-refractivity contribution in [2.75, 3.05) is 25.2 Å². The number of amides is 1. The summed E-state index contributed by atoms with van der Waals surface area (Å²) < 4.78 is 12.7. The third-order valence-electron chi connectivity index (χ3n) is 6.39. The largest absolute Gasteiger partial charge is 0.496 e. The molecule has 3 aromatic rings. The molecule has 0 unspecified atom stereocenters. The summed E-state index contributed by atoms with van der Waals surface area (Å²) in [5.74, 6) is -0.247. The first-order valence-electron chi connectivity index (χ1n) is 11.7. The molecule has 2 aromatic carbocycles. The second-order valence-electron chi connectivity index (χ2n) is 8.31. The minimum atomic E-state index is -0.820. The molecule has 8 nitrogen and oxygen atoms in total. The number of likely N-dealkylation sites (N-methyl/N-ethyl adjacent to an activating group) is 1. The second-order valence-corrected chi connectivity index (χ2v) is 9.28. The number of carbonyl (C=O) groups excluding carboxylic acids is 2. The molecular formula is C27H25N3O5S. The van der Waals surface area contributed by atoms with Crippen LogP contribution >= 0.6 is 11.3 Å². The lowest BCUT2D eigenvalue weighted by molar-refractivity contribution is -0.139. The molecule has 0 saturated heterocycles. The molecule has 0 aliphatic carbocycles. The lowest BCUT2D eigenvalue weighted by Crippen LogP contribution is -2.41. The minimum Gasteiger partial charge on any atom is -0.496 e. The van der Waals surface area contributed by atoms with E-state index < -0.39 is 12.0 Å². The molecule has 0 radical (unpaired) electrons. The maximum absolute atomic E-state index is 14.1. The first-order chi connectivity index (χ1) is 17.4. The topological polar surface area (TPSA) is 90.2 Å². The van der Waals surface area contributed by atoms with Crippen molar-refractivity contribution in [1.29, 1.82) is 0 Å². The third kappa shape index (κ3) is 3.50. The van der Waals surface area contributed by atoms with Crippen molar-refractivity contribution in [3.8, 4) is 5.75 Å². The number of allylic oxidation sites excluding steroid dienone is 1. The maximum Gasteiger partial charge on any atom is 0.338 e. The molecule has 0 bridgehead atoms. The Kier molecular flexibility index (Phi) is 6.09. The van der Waals surface area contributed by atoms with E-state index >= 15 is 0 Å². The zero-order valence-corrected chi connectivity index (χ0v) is 21.2. The lowest BCUT2D eigenvalue weighted by Gasteiger charge is -2.25. The van der Waals surface area contributed by atoms with Crippen LogP contribution in [0.4, 0.5) is 5.69 Å². The van der Waals surface area contributed by atoms with Crippen molar-refractivity contribution in [1.82, 2.24) is 4.57 Å². The van der Waals surface area contributed by atoms with Crippen molar-refractivity contribution < 1.29 is 19.1 Å². The van der Waals surface area contributed by atoms with Gasteiger partial charge in [0.05, 0.1) is 36.2 Å². The van der Waals surface area contributed by atoms with Crippen molar-refractivity contribution in [2.24, 2.45) is 4.99 Å². The van der Waals surface area contributed by atoms with Crippen molar-refractivity contribution in [2.45, 2.75) is 26.8 Å². The van der Waals surface area contributed by atoms with Crippen LogP contribution < -0.4 is 24.5 Å². The Bertz CT molecular complexity index is 1610. The van der Waals surface area contributed by atoms with Crippen LogP contribution in [0.2, 0.25) is 0 Å². The Morgan fingerprint density at radius 2 is 1.81 bits per heavy atom. The van der Waals surface area contributed by atoms with E-state index in [4.69, 9.17) is 9.47 Å². The first kappa shape index (κ1) is 23.7. The molecule has 0 N–H and O–H groups in total. The van der Waals surface area contributed by atoms with E-state index in [2.05, 4.69) is 4.99 Å². The molecule has 0 fully saturated rings. The van der Waals surface area contributed by atoms with Gasteiger partial charge < -0.3 is 14.4 Å². The van der Waals surface area contributed by atoms with Gasteiger partial charge in [-0.25, -0.2) is 9.79 Å². The van der Waals surface area contributed by atoms with E-state index in [1.807, 2.05) is 49.4 Å². The smallest absolute Gasteiger partial charge is 0.338 e. The first-order valence-corrected chi connectivity index (χ1v) is 12.5. The third-order valence-corrected chi connectivity index (χ3v) is 7.45. The monoisotopic (exact) mass is 503 g/mol. The molecule has 5 rings (SSSR count). The van der Waals surface area contributed by atoms with E-state index in [1.165, 1.54) is 4.57 Å². The molecule has 1 amide bonds. The summed E-state index contributed by atoms with van der Waals surface area (Å²) in [6.07, 6.45) is 0. The fourth-order valence-electron chi connectivity index (χ4n) is 4.84. The van der Waals surface area contributed by atoms with Gasteiger partial charge in [-0.1, -0.05) is 47.7 Å². The number of hydrogen-bond acceptors (Lipinski definition) is 7. The number of aromatic nitrogens is 1. The molecule has 9 heteroatoms. The average Bonchev–Trinajstić information content (AvgIpc) is 3.35. The van der Waals surface area contributed by atoms with Gasteiger partial charge in [-0.05, 0) is 32.9 Å². The van der Waals surface area contributed by atoms with Crippen molar-refractivity contribution >= 4 is 34.5 Å². The maximum atomic E-state index is 14.1. The van der Waals surface area contributed by atoms with Gasteiger partial charge in [0.25, 0.3) is 11.5 Å².